The zero-order chi connectivity index (χ0) is 29.9. The Bertz CT molecular complexity index is 1800. The molecule has 1 aromatic carbocycles. The maximum Gasteiger partial charge on any atom is 0.412 e. The molecule has 42 heavy (non-hydrogen) atoms. The van der Waals surface area contributed by atoms with Gasteiger partial charge in [-0.05, 0) is 52.4 Å². The summed E-state index contributed by atoms with van der Waals surface area (Å²) in [6.45, 7) is 7.17. The van der Waals surface area contributed by atoms with Crippen LogP contribution in [-0.4, -0.2) is 64.8 Å². The third-order valence-corrected chi connectivity index (χ3v) is 9.03. The zero-order valence-electron chi connectivity index (χ0n) is 23.8. The first-order valence-corrected chi connectivity index (χ1v) is 14.7. The molecule has 6 rings (SSSR count). The quantitative estimate of drug-likeness (QED) is 0.293. The van der Waals surface area contributed by atoms with Gasteiger partial charge in [-0.3, -0.25) is 10.3 Å². The van der Waals surface area contributed by atoms with Gasteiger partial charge in [0.15, 0.2) is 5.82 Å². The van der Waals surface area contributed by atoms with E-state index in [4.69, 9.17) is 26.1 Å². The number of nitrogens with one attached hydrogen (secondary N) is 1. The second kappa shape index (κ2) is 10.6. The van der Waals surface area contributed by atoms with Crippen molar-refractivity contribution in [2.75, 3.05) is 37.4 Å². The van der Waals surface area contributed by atoms with E-state index in [1.807, 2.05) is 14.1 Å². The van der Waals surface area contributed by atoms with E-state index in [9.17, 15) is 10.1 Å². The van der Waals surface area contributed by atoms with Crippen molar-refractivity contribution in [3.63, 3.8) is 0 Å². The molecule has 2 aliphatic rings. The summed E-state index contributed by atoms with van der Waals surface area (Å²) in [5, 5.41) is 14.3. The standard InChI is InChI=1S/C29H29ClFN7O3S/c1-29(2,3)41-28(39)36-26-15(8-32)21-24(33-10-19(30)25(21)42-26)20-18-13-40-12-17(18)16-9-34-27(35-23(16)22(20)31)38-7-6-14(11-38)37(4)5/h9-10,14H,6-7,11-13H2,1-5H3,(H,36,39)/t14-/m0/s1. The second-order valence-electron chi connectivity index (χ2n) is 11.6. The number of anilines is 2. The minimum atomic E-state index is -0.740. The predicted octanol–water partition coefficient (Wildman–Crippen LogP) is 6.09. The van der Waals surface area contributed by atoms with Gasteiger partial charge < -0.3 is 19.3 Å². The number of carbonyl (C=O) groups excluding carboxylic acids is 1. The summed E-state index contributed by atoms with van der Waals surface area (Å²) in [6, 6.07) is 2.52. The minimum absolute atomic E-state index is 0.119. The number of nitriles is 1. The molecule has 218 valence electrons. The van der Waals surface area contributed by atoms with Crippen molar-refractivity contribution in [3.05, 3.63) is 39.9 Å². The van der Waals surface area contributed by atoms with Crippen LogP contribution in [0.5, 0.6) is 0 Å². The monoisotopic (exact) mass is 609 g/mol. The number of nitrogens with zero attached hydrogens (tertiary/aromatic N) is 6. The molecule has 4 aromatic rings. The maximum absolute atomic E-state index is 16.7. The van der Waals surface area contributed by atoms with Crippen LogP contribution in [0.3, 0.4) is 0 Å². The van der Waals surface area contributed by atoms with E-state index >= 15 is 4.39 Å². The van der Waals surface area contributed by atoms with E-state index in [0.29, 0.717) is 33.0 Å². The summed E-state index contributed by atoms with van der Waals surface area (Å²) in [6.07, 6.45) is 3.34. The molecule has 1 N–H and O–H groups in total. The summed E-state index contributed by atoms with van der Waals surface area (Å²) in [7, 11) is 4.08. The molecule has 13 heteroatoms. The van der Waals surface area contributed by atoms with Crippen LogP contribution < -0.4 is 10.2 Å². The topological polar surface area (TPSA) is 116 Å². The van der Waals surface area contributed by atoms with Crippen LogP contribution in [-0.2, 0) is 22.7 Å². The third-order valence-electron chi connectivity index (χ3n) is 7.50. The van der Waals surface area contributed by atoms with Gasteiger partial charge in [0.05, 0.1) is 34.2 Å². The van der Waals surface area contributed by atoms with Crippen LogP contribution >= 0.6 is 22.9 Å². The number of rotatable bonds is 4. The molecule has 1 saturated heterocycles. The van der Waals surface area contributed by atoms with Crippen molar-refractivity contribution < 1.29 is 18.7 Å². The van der Waals surface area contributed by atoms with Crippen molar-refractivity contribution in [1.29, 1.82) is 5.26 Å². The van der Waals surface area contributed by atoms with Crippen LogP contribution in [0.4, 0.5) is 20.1 Å². The van der Waals surface area contributed by atoms with Gasteiger partial charge in [0.1, 0.15) is 22.2 Å². The molecule has 0 unspecified atom stereocenters. The summed E-state index contributed by atoms with van der Waals surface area (Å²) < 4.78 is 28.4. The van der Waals surface area contributed by atoms with E-state index in [0.717, 1.165) is 36.4 Å². The molecule has 2 aliphatic heterocycles. The first kappa shape index (κ1) is 28.5. The third kappa shape index (κ3) is 4.90. The smallest absolute Gasteiger partial charge is 0.412 e. The number of ether oxygens (including phenoxy) is 2. The number of thiophene rings is 1. The number of fused-ring (bicyclic) bond motifs is 4. The highest BCUT2D eigenvalue weighted by molar-refractivity contribution is 7.24. The van der Waals surface area contributed by atoms with Crippen LogP contribution in [0.25, 0.3) is 32.2 Å². The summed E-state index contributed by atoms with van der Waals surface area (Å²) >= 11 is 7.63. The van der Waals surface area contributed by atoms with E-state index in [-0.39, 0.29) is 45.6 Å². The average Bonchev–Trinajstić information content (AvgIpc) is 3.67. The lowest BCUT2D eigenvalue weighted by molar-refractivity contribution is 0.0636. The highest BCUT2D eigenvalue weighted by Gasteiger charge is 2.32. The lowest BCUT2D eigenvalue weighted by Gasteiger charge is -2.21. The van der Waals surface area contributed by atoms with Crippen molar-refractivity contribution in [3.8, 4) is 17.3 Å². The van der Waals surface area contributed by atoms with E-state index in [1.54, 1.807) is 27.0 Å². The highest BCUT2D eigenvalue weighted by Crippen LogP contribution is 2.47. The Morgan fingerprint density at radius 2 is 2.05 bits per heavy atom. The fourth-order valence-electron chi connectivity index (χ4n) is 5.50. The van der Waals surface area contributed by atoms with E-state index in [2.05, 4.69) is 31.2 Å². The van der Waals surface area contributed by atoms with Crippen LogP contribution in [0.1, 0.15) is 43.9 Å². The molecular formula is C29H29ClFN7O3S. The Kier molecular flexibility index (Phi) is 7.17. The normalized spacial score (nSPS) is 16.8. The molecule has 0 saturated carbocycles. The number of likely N-dealkylation sites (N-methyl/N-ethyl adjacent to an activating group) is 1. The molecule has 1 amide bonds. The van der Waals surface area contributed by atoms with Crippen molar-refractivity contribution >= 4 is 61.0 Å². The first-order chi connectivity index (χ1) is 20.0. The number of hydrogen-bond donors (Lipinski definition) is 1. The van der Waals surface area contributed by atoms with Gasteiger partial charge in [0.2, 0.25) is 5.95 Å². The Balaban J connectivity index is 1.53. The SMILES string of the molecule is CN(C)[C@H]1CCN(c2ncc3c4c(c(-c5ncc(Cl)c6sc(NC(=O)OC(C)(C)C)c(C#N)c56)c(F)c3n2)COC4)C1. The largest absolute Gasteiger partial charge is 0.444 e. The molecule has 0 bridgehead atoms. The van der Waals surface area contributed by atoms with Gasteiger partial charge in [-0.1, -0.05) is 11.6 Å². The summed E-state index contributed by atoms with van der Waals surface area (Å²) in [4.78, 5) is 30.7. The van der Waals surface area contributed by atoms with Crippen LogP contribution in [0.15, 0.2) is 12.4 Å². The zero-order valence-corrected chi connectivity index (χ0v) is 25.4. The maximum atomic E-state index is 16.7. The number of carbonyl (C=O) groups is 1. The molecule has 0 radical (unpaired) electrons. The number of benzene rings is 1. The van der Waals surface area contributed by atoms with Crippen LogP contribution in [0.2, 0.25) is 5.02 Å². The molecule has 0 aliphatic carbocycles. The first-order valence-electron chi connectivity index (χ1n) is 13.5. The van der Waals surface area contributed by atoms with Gasteiger partial charge in [-0.15, -0.1) is 11.3 Å². The fourth-order valence-corrected chi connectivity index (χ4v) is 6.80. The number of hydrogen-bond acceptors (Lipinski definition) is 10. The molecule has 3 aromatic heterocycles. The molecule has 0 spiro atoms. The second-order valence-corrected chi connectivity index (χ2v) is 13.1. The Hall–Kier alpha value is -3.63. The number of amides is 1. The number of halogens is 2. The average molecular weight is 610 g/mol. The van der Waals surface area contributed by atoms with Gasteiger partial charge in [0.25, 0.3) is 0 Å². The van der Waals surface area contributed by atoms with Gasteiger partial charge in [-0.25, -0.2) is 19.2 Å². The Morgan fingerprint density at radius 3 is 2.74 bits per heavy atom. The molecule has 1 atom stereocenters. The van der Waals surface area contributed by atoms with Gasteiger partial charge in [-0.2, -0.15) is 5.26 Å². The molecule has 10 nitrogen and oxygen atoms in total. The molecule has 5 heterocycles. The highest BCUT2D eigenvalue weighted by atomic mass is 35.5. The van der Waals surface area contributed by atoms with E-state index in [1.165, 1.54) is 6.20 Å². The summed E-state index contributed by atoms with van der Waals surface area (Å²) in [5.74, 6) is -0.115. The lowest BCUT2D eigenvalue weighted by atomic mass is 9.94. The number of aromatic nitrogens is 3. The summed E-state index contributed by atoms with van der Waals surface area (Å²) in [5.41, 5.74) is 1.38. The van der Waals surface area contributed by atoms with Crippen molar-refractivity contribution in [2.24, 2.45) is 0 Å². The fraction of sp³-hybridized carbons (Fsp3) is 0.414. The van der Waals surface area contributed by atoms with Crippen molar-refractivity contribution in [2.45, 2.75) is 52.0 Å². The minimum Gasteiger partial charge on any atom is -0.444 e. The van der Waals surface area contributed by atoms with Crippen LogP contribution in [0, 0.1) is 17.1 Å². The predicted molar refractivity (Wildman–Crippen MR) is 160 cm³/mol. The van der Waals surface area contributed by atoms with Gasteiger partial charge >= 0.3 is 6.09 Å². The molecule has 1 fully saturated rings. The Labute approximate surface area is 251 Å². The van der Waals surface area contributed by atoms with E-state index < -0.39 is 17.5 Å². The van der Waals surface area contributed by atoms with Gasteiger partial charge in [0, 0.05) is 47.9 Å². The van der Waals surface area contributed by atoms with Crippen molar-refractivity contribution in [1.82, 2.24) is 19.9 Å². The Morgan fingerprint density at radius 1 is 1.29 bits per heavy atom. The number of pyridine rings is 1. The lowest BCUT2D eigenvalue weighted by Crippen LogP contribution is -2.32. The molecular weight excluding hydrogens is 581 g/mol.